The third kappa shape index (κ3) is 2.70. The Morgan fingerprint density at radius 3 is 2.68 bits per heavy atom. The molecule has 1 heterocycles. The Labute approximate surface area is 122 Å². The van der Waals surface area contributed by atoms with Gasteiger partial charge in [-0.25, -0.2) is 9.69 Å². The number of hydrogen-bond acceptors (Lipinski definition) is 6. The highest BCUT2D eigenvalue weighted by molar-refractivity contribution is 6.15. The molecule has 0 atom stereocenters. The van der Waals surface area contributed by atoms with E-state index in [4.69, 9.17) is 5.11 Å². The van der Waals surface area contributed by atoms with Crippen molar-refractivity contribution < 1.29 is 29.5 Å². The Morgan fingerprint density at radius 1 is 1.41 bits per heavy atom. The van der Waals surface area contributed by atoms with Gasteiger partial charge in [-0.05, 0) is 6.08 Å². The molecule has 0 bridgehead atoms. The Hall–Kier alpha value is -3.43. The van der Waals surface area contributed by atoms with Crippen molar-refractivity contribution >= 4 is 29.7 Å². The summed E-state index contributed by atoms with van der Waals surface area (Å²) in [4.78, 5) is 44.3. The number of nitrogens with zero attached hydrogens (tertiary/aromatic N) is 2. The van der Waals surface area contributed by atoms with Crippen LogP contribution in [0.15, 0.2) is 23.9 Å². The largest absolute Gasteiger partial charge is 0.502 e. The lowest BCUT2D eigenvalue weighted by Gasteiger charge is -2.06. The number of rotatable bonds is 4. The number of nitro groups is 1. The van der Waals surface area contributed by atoms with E-state index in [9.17, 15) is 29.6 Å². The van der Waals surface area contributed by atoms with Crippen LogP contribution in [0.25, 0.3) is 6.08 Å². The van der Waals surface area contributed by atoms with Crippen LogP contribution in [0.1, 0.15) is 5.56 Å². The van der Waals surface area contributed by atoms with Crippen LogP contribution in [0.4, 0.5) is 10.5 Å². The Morgan fingerprint density at radius 2 is 2.09 bits per heavy atom. The molecule has 1 aromatic rings. The van der Waals surface area contributed by atoms with E-state index >= 15 is 0 Å². The van der Waals surface area contributed by atoms with Gasteiger partial charge in [0.2, 0.25) is 5.75 Å². The monoisotopic (exact) mass is 307 g/mol. The average molecular weight is 307 g/mol. The maximum Gasteiger partial charge on any atom is 0.329 e. The maximum atomic E-state index is 11.9. The van der Waals surface area contributed by atoms with Crippen LogP contribution >= 0.6 is 0 Å². The number of aliphatic carboxylic acids is 1. The number of nitrogens with one attached hydrogen (secondary N) is 1. The zero-order valence-electron chi connectivity index (χ0n) is 10.8. The molecule has 114 valence electrons. The number of carbonyl (C=O) groups excluding carboxylic acids is 2. The van der Waals surface area contributed by atoms with Crippen molar-refractivity contribution in [2.24, 2.45) is 0 Å². The average Bonchev–Trinajstić information content (AvgIpc) is 2.68. The summed E-state index contributed by atoms with van der Waals surface area (Å²) in [6.07, 6.45) is 1.03. The van der Waals surface area contributed by atoms with Crippen molar-refractivity contribution in [3.05, 3.63) is 39.6 Å². The van der Waals surface area contributed by atoms with Gasteiger partial charge in [0.25, 0.3) is 5.91 Å². The Bertz CT molecular complexity index is 725. The Kier molecular flexibility index (Phi) is 3.75. The number of carboxylic acid groups (broad SMARTS) is 1. The third-order valence-electron chi connectivity index (χ3n) is 2.80. The number of carboxylic acids is 1. The number of aromatic hydroxyl groups is 1. The molecule has 10 heteroatoms. The lowest BCUT2D eigenvalue weighted by atomic mass is 10.1. The van der Waals surface area contributed by atoms with Crippen molar-refractivity contribution in [1.82, 2.24) is 10.2 Å². The highest BCUT2D eigenvalue weighted by Crippen LogP contribution is 2.31. The number of phenols is 1. The van der Waals surface area contributed by atoms with Crippen LogP contribution in [0.3, 0.4) is 0 Å². The molecule has 3 amide bonds. The van der Waals surface area contributed by atoms with Gasteiger partial charge in [-0.15, -0.1) is 0 Å². The fraction of sp³-hybridized carbons (Fsp3) is 0.0833. The fourth-order valence-electron chi connectivity index (χ4n) is 1.82. The van der Waals surface area contributed by atoms with E-state index in [1.54, 1.807) is 0 Å². The van der Waals surface area contributed by atoms with E-state index in [1.807, 2.05) is 0 Å². The second-order valence-corrected chi connectivity index (χ2v) is 4.25. The second kappa shape index (κ2) is 5.52. The minimum Gasteiger partial charge on any atom is -0.502 e. The minimum atomic E-state index is -1.37. The molecule has 3 N–H and O–H groups in total. The van der Waals surface area contributed by atoms with Gasteiger partial charge in [0.1, 0.15) is 12.2 Å². The van der Waals surface area contributed by atoms with E-state index in [1.165, 1.54) is 12.1 Å². The molecule has 1 fully saturated rings. The standard InChI is InChI=1S/C12H9N3O7/c16-9(17)5-14-11(19)7(13-12(14)20)4-6-2-1-3-8(10(6)18)15(21)22/h1-4,18H,5H2,(H,13,20)(H,16,17)/b7-4+. The van der Waals surface area contributed by atoms with Gasteiger partial charge in [0.05, 0.1) is 4.92 Å². The summed E-state index contributed by atoms with van der Waals surface area (Å²) in [5.41, 5.74) is -0.911. The van der Waals surface area contributed by atoms with Crippen molar-refractivity contribution in [3.8, 4) is 5.75 Å². The van der Waals surface area contributed by atoms with E-state index in [-0.39, 0.29) is 11.3 Å². The number of phenolic OH excluding ortho intramolecular Hbond substituents is 1. The van der Waals surface area contributed by atoms with Crippen molar-refractivity contribution in [2.75, 3.05) is 6.54 Å². The predicted octanol–water partition coefficient (Wildman–Crippen LogP) is 0.278. The summed E-state index contributed by atoms with van der Waals surface area (Å²) >= 11 is 0. The van der Waals surface area contributed by atoms with Crippen LogP contribution in [-0.2, 0) is 9.59 Å². The number of hydrogen-bond donors (Lipinski definition) is 3. The lowest BCUT2D eigenvalue weighted by Crippen LogP contribution is -2.35. The van der Waals surface area contributed by atoms with Gasteiger partial charge in [-0.1, -0.05) is 12.1 Å². The maximum absolute atomic E-state index is 11.9. The summed E-state index contributed by atoms with van der Waals surface area (Å²) in [6, 6.07) is 2.74. The molecule has 1 saturated heterocycles. The topological polar surface area (TPSA) is 150 Å². The molecule has 0 unspecified atom stereocenters. The third-order valence-corrected chi connectivity index (χ3v) is 2.80. The van der Waals surface area contributed by atoms with Crippen LogP contribution < -0.4 is 5.32 Å². The zero-order chi connectivity index (χ0) is 16.4. The highest BCUT2D eigenvalue weighted by Gasteiger charge is 2.35. The molecule has 0 aliphatic carbocycles. The van der Waals surface area contributed by atoms with Crippen LogP contribution in [-0.4, -0.2) is 44.5 Å². The molecule has 0 aromatic heterocycles. The number of carbonyl (C=O) groups is 3. The first-order valence-corrected chi connectivity index (χ1v) is 5.84. The normalized spacial score (nSPS) is 16.0. The molecular weight excluding hydrogens is 298 g/mol. The van der Waals surface area contributed by atoms with Crippen molar-refractivity contribution in [3.63, 3.8) is 0 Å². The van der Waals surface area contributed by atoms with Crippen LogP contribution in [0.2, 0.25) is 0 Å². The van der Waals surface area contributed by atoms with Crippen molar-refractivity contribution in [1.29, 1.82) is 0 Å². The van der Waals surface area contributed by atoms with Gasteiger partial charge < -0.3 is 15.5 Å². The molecule has 1 aromatic carbocycles. The molecule has 1 aliphatic heterocycles. The van der Waals surface area contributed by atoms with E-state index in [0.717, 1.165) is 12.1 Å². The quantitative estimate of drug-likeness (QED) is 0.313. The number of para-hydroxylation sites is 1. The predicted molar refractivity (Wildman–Crippen MR) is 70.6 cm³/mol. The number of nitro benzene ring substituents is 1. The van der Waals surface area contributed by atoms with Crippen molar-refractivity contribution in [2.45, 2.75) is 0 Å². The van der Waals surface area contributed by atoms with E-state index in [0.29, 0.717) is 4.90 Å². The summed E-state index contributed by atoms with van der Waals surface area (Å²) in [6.45, 7) is -0.817. The number of urea groups is 1. The molecule has 0 saturated carbocycles. The molecule has 2 rings (SSSR count). The zero-order valence-corrected chi connectivity index (χ0v) is 10.8. The molecule has 0 radical (unpaired) electrons. The smallest absolute Gasteiger partial charge is 0.329 e. The first-order chi connectivity index (χ1) is 10.3. The van der Waals surface area contributed by atoms with Gasteiger partial charge in [0, 0.05) is 11.6 Å². The van der Waals surface area contributed by atoms with E-state index in [2.05, 4.69) is 5.32 Å². The minimum absolute atomic E-state index is 0.0602. The summed E-state index contributed by atoms with van der Waals surface area (Å²) in [5.74, 6) is -2.94. The number of imide groups is 1. The van der Waals surface area contributed by atoms with Gasteiger partial charge in [-0.3, -0.25) is 19.7 Å². The summed E-state index contributed by atoms with van der Waals surface area (Å²) < 4.78 is 0. The first kappa shape index (κ1) is 15.0. The lowest BCUT2D eigenvalue weighted by molar-refractivity contribution is -0.385. The van der Waals surface area contributed by atoms with Gasteiger partial charge >= 0.3 is 17.7 Å². The molecular formula is C12H9N3O7. The molecule has 22 heavy (non-hydrogen) atoms. The summed E-state index contributed by atoms with van der Waals surface area (Å²) in [7, 11) is 0. The first-order valence-electron chi connectivity index (χ1n) is 5.84. The number of benzene rings is 1. The summed E-state index contributed by atoms with van der Waals surface area (Å²) in [5, 5.41) is 31.2. The second-order valence-electron chi connectivity index (χ2n) is 4.25. The van der Waals surface area contributed by atoms with Gasteiger partial charge in [-0.2, -0.15) is 0 Å². The highest BCUT2D eigenvalue weighted by atomic mass is 16.6. The molecule has 1 aliphatic rings. The SMILES string of the molecule is O=C(O)CN1C(=O)N/C(=C/c2cccc([N+](=O)[O-])c2O)C1=O. The van der Waals surface area contributed by atoms with Crippen LogP contribution in [0.5, 0.6) is 5.75 Å². The number of amides is 3. The van der Waals surface area contributed by atoms with E-state index < -0.39 is 40.8 Å². The van der Waals surface area contributed by atoms with Crippen LogP contribution in [0, 0.1) is 10.1 Å². The van der Waals surface area contributed by atoms with Gasteiger partial charge in [0.15, 0.2) is 0 Å². The Balaban J connectivity index is 2.37. The molecule has 0 spiro atoms. The molecule has 10 nitrogen and oxygen atoms in total. The fourth-order valence-corrected chi connectivity index (χ4v) is 1.82.